The summed E-state index contributed by atoms with van der Waals surface area (Å²) < 4.78 is 5.65. The maximum Gasteiger partial charge on any atom is 0.260 e. The van der Waals surface area contributed by atoms with Gasteiger partial charge in [-0.15, -0.1) is 0 Å². The lowest BCUT2D eigenvalue weighted by Crippen LogP contribution is -2.41. The molecular formula is C24H26N4O2S. The summed E-state index contributed by atoms with van der Waals surface area (Å²) in [6, 6.07) is 15.4. The van der Waals surface area contributed by atoms with Gasteiger partial charge in [-0.3, -0.25) is 9.78 Å². The average molecular weight is 435 g/mol. The van der Waals surface area contributed by atoms with Crippen LogP contribution in [0.4, 0.5) is 0 Å². The van der Waals surface area contributed by atoms with Gasteiger partial charge in [0.1, 0.15) is 5.75 Å². The number of nitrogens with zero attached hydrogens (tertiary/aromatic N) is 4. The van der Waals surface area contributed by atoms with Crippen LogP contribution in [-0.2, 0) is 10.5 Å². The SMILES string of the molecule is Cc1cnc(SCc2ccccn2)nc1[C@@H]1CCCN(C(=O)COc2ccccc2)C1. The molecule has 1 aromatic carbocycles. The van der Waals surface area contributed by atoms with Crippen molar-refractivity contribution in [3.05, 3.63) is 77.9 Å². The Morgan fingerprint density at radius 1 is 1.16 bits per heavy atom. The van der Waals surface area contributed by atoms with Gasteiger partial charge in [-0.2, -0.15) is 0 Å². The van der Waals surface area contributed by atoms with Gasteiger partial charge < -0.3 is 9.64 Å². The molecular weight excluding hydrogens is 408 g/mol. The molecule has 7 heteroatoms. The second kappa shape index (κ2) is 10.4. The number of ether oxygens (including phenoxy) is 1. The van der Waals surface area contributed by atoms with Gasteiger partial charge in [0, 0.05) is 37.2 Å². The number of piperidine rings is 1. The summed E-state index contributed by atoms with van der Waals surface area (Å²) in [5.41, 5.74) is 3.12. The van der Waals surface area contributed by atoms with Gasteiger partial charge >= 0.3 is 0 Å². The molecule has 2 aromatic heterocycles. The zero-order valence-corrected chi connectivity index (χ0v) is 18.4. The highest BCUT2D eigenvalue weighted by Gasteiger charge is 2.27. The van der Waals surface area contributed by atoms with Crippen LogP contribution in [0, 0.1) is 6.92 Å². The van der Waals surface area contributed by atoms with Crippen LogP contribution in [0.15, 0.2) is 66.1 Å². The minimum absolute atomic E-state index is 0.0185. The molecule has 1 saturated heterocycles. The third-order valence-electron chi connectivity index (χ3n) is 5.33. The second-order valence-electron chi connectivity index (χ2n) is 7.61. The fourth-order valence-corrected chi connectivity index (χ4v) is 4.46. The van der Waals surface area contributed by atoms with E-state index in [-0.39, 0.29) is 18.4 Å². The van der Waals surface area contributed by atoms with Gasteiger partial charge in [0.05, 0.1) is 11.4 Å². The first kappa shape index (κ1) is 21.3. The van der Waals surface area contributed by atoms with E-state index in [9.17, 15) is 4.79 Å². The molecule has 0 spiro atoms. The number of likely N-dealkylation sites (tertiary alicyclic amines) is 1. The van der Waals surface area contributed by atoms with E-state index < -0.39 is 0 Å². The van der Waals surface area contributed by atoms with Crippen LogP contribution in [0.5, 0.6) is 5.75 Å². The lowest BCUT2D eigenvalue weighted by Gasteiger charge is -2.33. The average Bonchev–Trinajstić information content (AvgIpc) is 2.83. The number of carbonyl (C=O) groups excluding carboxylic acids is 1. The van der Waals surface area contributed by atoms with E-state index in [1.165, 1.54) is 0 Å². The monoisotopic (exact) mass is 434 g/mol. The van der Waals surface area contributed by atoms with E-state index in [1.807, 2.05) is 66.6 Å². The standard InChI is InChI=1S/C24H26N4O2S/c1-18-14-26-24(31-17-20-9-5-6-12-25-20)27-23(18)19-8-7-13-28(15-19)22(29)16-30-21-10-3-2-4-11-21/h2-6,9-12,14,19H,7-8,13,15-17H2,1H3/t19-/m1/s1. The Kier molecular flexibility index (Phi) is 7.14. The fourth-order valence-electron chi connectivity index (χ4n) is 3.72. The lowest BCUT2D eigenvalue weighted by molar-refractivity contribution is -0.134. The Morgan fingerprint density at radius 3 is 2.81 bits per heavy atom. The van der Waals surface area contributed by atoms with Crippen LogP contribution in [0.25, 0.3) is 0 Å². The van der Waals surface area contributed by atoms with Gasteiger partial charge in [-0.05, 0) is 49.6 Å². The fraction of sp³-hybridized carbons (Fsp3) is 0.333. The first-order valence-electron chi connectivity index (χ1n) is 10.5. The number of para-hydroxylation sites is 1. The molecule has 3 heterocycles. The quantitative estimate of drug-likeness (QED) is 0.409. The molecule has 3 aromatic rings. The molecule has 1 amide bonds. The van der Waals surface area contributed by atoms with Crippen LogP contribution in [0.1, 0.15) is 35.7 Å². The van der Waals surface area contributed by atoms with Crippen LogP contribution < -0.4 is 4.74 Å². The van der Waals surface area contributed by atoms with Crippen molar-refractivity contribution in [1.29, 1.82) is 0 Å². The maximum atomic E-state index is 12.7. The highest BCUT2D eigenvalue weighted by atomic mass is 32.2. The van der Waals surface area contributed by atoms with E-state index in [1.54, 1.807) is 18.0 Å². The smallest absolute Gasteiger partial charge is 0.260 e. The number of rotatable bonds is 7. The summed E-state index contributed by atoms with van der Waals surface area (Å²) in [5, 5.41) is 0.752. The van der Waals surface area contributed by atoms with Crippen LogP contribution in [-0.4, -0.2) is 45.5 Å². The number of hydrogen-bond donors (Lipinski definition) is 0. The molecule has 0 radical (unpaired) electrons. The van der Waals surface area contributed by atoms with Crippen LogP contribution in [0.3, 0.4) is 0 Å². The van der Waals surface area contributed by atoms with E-state index in [0.29, 0.717) is 12.3 Å². The Bertz CT molecular complexity index is 1000. The Labute approximate surface area is 187 Å². The molecule has 0 saturated carbocycles. The molecule has 1 fully saturated rings. The zero-order valence-electron chi connectivity index (χ0n) is 17.6. The van der Waals surface area contributed by atoms with Crippen LogP contribution >= 0.6 is 11.8 Å². The van der Waals surface area contributed by atoms with Crippen molar-refractivity contribution in [3.63, 3.8) is 0 Å². The largest absolute Gasteiger partial charge is 0.484 e. The van der Waals surface area contributed by atoms with E-state index in [4.69, 9.17) is 9.72 Å². The topological polar surface area (TPSA) is 68.2 Å². The molecule has 4 rings (SSSR count). The first-order valence-corrected chi connectivity index (χ1v) is 11.5. The molecule has 1 aliphatic heterocycles. The van der Waals surface area contributed by atoms with Gasteiger partial charge in [-0.1, -0.05) is 36.0 Å². The van der Waals surface area contributed by atoms with Crippen molar-refractivity contribution in [2.45, 2.75) is 36.6 Å². The summed E-state index contributed by atoms with van der Waals surface area (Å²) in [6.07, 6.45) is 5.67. The third kappa shape index (κ3) is 5.82. The predicted octanol–water partition coefficient (Wildman–Crippen LogP) is 4.26. The molecule has 0 aliphatic carbocycles. The van der Waals surface area contributed by atoms with Crippen molar-refractivity contribution in [2.75, 3.05) is 19.7 Å². The molecule has 1 atom stereocenters. The summed E-state index contributed by atoms with van der Waals surface area (Å²) in [5.74, 6) is 1.68. The molecule has 0 unspecified atom stereocenters. The van der Waals surface area contributed by atoms with Crippen molar-refractivity contribution in [2.24, 2.45) is 0 Å². The van der Waals surface area contributed by atoms with Crippen molar-refractivity contribution >= 4 is 17.7 Å². The van der Waals surface area contributed by atoms with Gasteiger partial charge in [-0.25, -0.2) is 9.97 Å². The lowest BCUT2D eigenvalue weighted by atomic mass is 9.92. The Morgan fingerprint density at radius 2 is 2.00 bits per heavy atom. The Balaban J connectivity index is 1.38. The highest BCUT2D eigenvalue weighted by molar-refractivity contribution is 7.98. The van der Waals surface area contributed by atoms with Gasteiger partial charge in [0.2, 0.25) is 0 Å². The number of carbonyl (C=O) groups is 1. The van der Waals surface area contributed by atoms with Gasteiger partial charge in [0.15, 0.2) is 11.8 Å². The maximum absolute atomic E-state index is 12.7. The van der Waals surface area contributed by atoms with Crippen LogP contribution in [0.2, 0.25) is 0 Å². The number of aromatic nitrogens is 3. The summed E-state index contributed by atoms with van der Waals surface area (Å²) in [4.78, 5) is 28.3. The number of pyridine rings is 1. The molecule has 6 nitrogen and oxygen atoms in total. The molecule has 31 heavy (non-hydrogen) atoms. The Hall–Kier alpha value is -2.93. The highest BCUT2D eigenvalue weighted by Crippen LogP contribution is 2.29. The summed E-state index contributed by atoms with van der Waals surface area (Å²) in [6.45, 7) is 3.53. The number of benzene rings is 1. The van der Waals surface area contributed by atoms with E-state index in [2.05, 4.69) is 9.97 Å². The minimum atomic E-state index is 0.0185. The van der Waals surface area contributed by atoms with Crippen molar-refractivity contribution < 1.29 is 9.53 Å². The predicted molar refractivity (Wildman–Crippen MR) is 121 cm³/mol. The van der Waals surface area contributed by atoms with Gasteiger partial charge in [0.25, 0.3) is 5.91 Å². The van der Waals surface area contributed by atoms with Crippen molar-refractivity contribution in [1.82, 2.24) is 19.9 Å². The molecule has 0 bridgehead atoms. The number of aryl methyl sites for hydroxylation is 1. The molecule has 0 N–H and O–H groups in total. The number of amides is 1. The second-order valence-corrected chi connectivity index (χ2v) is 8.55. The number of thioether (sulfide) groups is 1. The number of hydrogen-bond acceptors (Lipinski definition) is 6. The van der Waals surface area contributed by atoms with E-state index >= 15 is 0 Å². The third-order valence-corrected chi connectivity index (χ3v) is 6.23. The molecule has 160 valence electrons. The first-order chi connectivity index (χ1) is 15.2. The summed E-state index contributed by atoms with van der Waals surface area (Å²) in [7, 11) is 0. The normalized spacial score (nSPS) is 16.2. The van der Waals surface area contributed by atoms with Crippen molar-refractivity contribution in [3.8, 4) is 5.75 Å². The molecule has 1 aliphatic rings. The zero-order chi connectivity index (χ0) is 21.5. The minimum Gasteiger partial charge on any atom is -0.484 e. The summed E-state index contributed by atoms with van der Waals surface area (Å²) >= 11 is 1.59. The van der Waals surface area contributed by atoms with E-state index in [0.717, 1.165) is 47.2 Å².